The van der Waals surface area contributed by atoms with Crippen LogP contribution in [0.5, 0.6) is 0 Å². The average Bonchev–Trinajstić information content (AvgIpc) is 3.31. The maximum atomic E-state index is 14.0. The zero-order valence-electron chi connectivity index (χ0n) is 19.5. The van der Waals surface area contributed by atoms with Gasteiger partial charge in [-0.1, -0.05) is 62.4 Å². The minimum atomic E-state index is -3.49. The van der Waals surface area contributed by atoms with E-state index in [-0.39, 0.29) is 24.9 Å². The lowest BCUT2D eigenvalue weighted by Crippen LogP contribution is -2.43. The highest BCUT2D eigenvalue weighted by Gasteiger charge is 2.53. The predicted molar refractivity (Wildman–Crippen MR) is 124 cm³/mol. The van der Waals surface area contributed by atoms with Crippen molar-refractivity contribution in [3.8, 4) is 11.1 Å². The van der Waals surface area contributed by atoms with Gasteiger partial charge in [-0.3, -0.25) is 9.59 Å². The molecule has 1 saturated heterocycles. The van der Waals surface area contributed by atoms with E-state index < -0.39 is 48.9 Å². The van der Waals surface area contributed by atoms with Gasteiger partial charge < -0.3 is 20.1 Å². The number of alkyl carbamates (subject to hydrolysis) is 1. The fourth-order valence-electron chi connectivity index (χ4n) is 4.79. The van der Waals surface area contributed by atoms with E-state index in [2.05, 4.69) is 5.32 Å². The van der Waals surface area contributed by atoms with Crippen molar-refractivity contribution in [2.24, 2.45) is 11.8 Å². The quantitative estimate of drug-likeness (QED) is 0.614. The maximum Gasteiger partial charge on any atom is 0.407 e. The number of ether oxygens (including phenoxy) is 1. The van der Waals surface area contributed by atoms with Gasteiger partial charge in [-0.25, -0.2) is 13.6 Å². The average molecular weight is 487 g/mol. The van der Waals surface area contributed by atoms with Crippen LogP contribution < -0.4 is 5.32 Å². The van der Waals surface area contributed by atoms with Gasteiger partial charge in [0.1, 0.15) is 12.5 Å². The molecule has 0 aromatic heterocycles. The number of rotatable bonds is 7. The van der Waals surface area contributed by atoms with Crippen LogP contribution in [-0.2, 0) is 14.3 Å². The van der Waals surface area contributed by atoms with Crippen molar-refractivity contribution >= 4 is 18.0 Å². The second-order valence-corrected chi connectivity index (χ2v) is 9.45. The third-order valence-corrected chi connectivity index (χ3v) is 6.81. The number of benzene rings is 2. The number of hydrogen-bond donors (Lipinski definition) is 2. The molecule has 0 radical (unpaired) electrons. The van der Waals surface area contributed by atoms with Crippen molar-refractivity contribution in [2.45, 2.75) is 38.2 Å². The summed E-state index contributed by atoms with van der Waals surface area (Å²) in [6.45, 7) is 2.19. The SMILES string of the molecule is CC(C)[C@H](CC(=O)N1CC(C(=O)O)C(F)(F)C1)NC(=O)OCC1c2ccccc2-c2ccccc21. The van der Waals surface area contributed by atoms with E-state index in [0.29, 0.717) is 0 Å². The normalized spacial score (nSPS) is 19.2. The monoisotopic (exact) mass is 486 g/mol. The number of carbonyl (C=O) groups is 3. The summed E-state index contributed by atoms with van der Waals surface area (Å²) in [5.74, 6) is -7.99. The van der Waals surface area contributed by atoms with E-state index in [1.807, 2.05) is 48.5 Å². The summed E-state index contributed by atoms with van der Waals surface area (Å²) in [5, 5.41) is 11.7. The summed E-state index contributed by atoms with van der Waals surface area (Å²) in [6, 6.07) is 15.2. The van der Waals surface area contributed by atoms with Gasteiger partial charge in [-0.05, 0) is 28.2 Å². The molecule has 2 aromatic rings. The third-order valence-electron chi connectivity index (χ3n) is 6.81. The minimum Gasteiger partial charge on any atom is -0.481 e. The first kappa shape index (κ1) is 24.6. The van der Waals surface area contributed by atoms with E-state index in [1.54, 1.807) is 13.8 Å². The largest absolute Gasteiger partial charge is 0.481 e. The zero-order valence-corrected chi connectivity index (χ0v) is 19.5. The van der Waals surface area contributed by atoms with Crippen molar-refractivity contribution in [1.29, 1.82) is 0 Å². The lowest BCUT2D eigenvalue weighted by atomic mass is 9.98. The molecule has 2 aliphatic rings. The first-order valence-electron chi connectivity index (χ1n) is 11.6. The number of alkyl halides is 2. The molecule has 9 heteroatoms. The molecule has 0 bridgehead atoms. The third kappa shape index (κ3) is 4.99. The van der Waals surface area contributed by atoms with E-state index in [1.165, 1.54) is 0 Å². The van der Waals surface area contributed by atoms with Gasteiger partial charge in [0, 0.05) is 24.9 Å². The summed E-state index contributed by atoms with van der Waals surface area (Å²) in [7, 11) is 0. The van der Waals surface area contributed by atoms with Crippen LogP contribution >= 0.6 is 0 Å². The molecule has 2 amide bonds. The van der Waals surface area contributed by atoms with Crippen LogP contribution in [-0.4, -0.2) is 59.6 Å². The van der Waals surface area contributed by atoms with Crippen molar-refractivity contribution in [2.75, 3.05) is 19.7 Å². The Labute approximate surface area is 202 Å². The number of nitrogens with one attached hydrogen (secondary N) is 1. The zero-order chi connectivity index (χ0) is 25.3. The molecule has 4 rings (SSSR count). The van der Waals surface area contributed by atoms with Gasteiger partial charge in [0.15, 0.2) is 0 Å². The molecule has 2 N–H and O–H groups in total. The Balaban J connectivity index is 1.37. The molecule has 1 heterocycles. The molecule has 186 valence electrons. The number of amides is 2. The smallest absolute Gasteiger partial charge is 0.407 e. The number of fused-ring (bicyclic) bond motifs is 3. The second kappa shape index (κ2) is 9.64. The fraction of sp³-hybridized carbons (Fsp3) is 0.423. The number of carboxylic acids is 1. The molecular weight excluding hydrogens is 458 g/mol. The van der Waals surface area contributed by atoms with Crippen molar-refractivity contribution in [1.82, 2.24) is 10.2 Å². The van der Waals surface area contributed by atoms with Gasteiger partial charge in [0.25, 0.3) is 5.92 Å². The standard InChI is InChI=1S/C26H28F2N2O5/c1-15(2)22(11-23(31)30-12-21(24(32)33)26(27,28)14-30)29-25(34)35-13-20-18-9-5-3-7-16(18)17-8-4-6-10-19(17)20/h3-10,15,20-22H,11-14H2,1-2H3,(H,29,34)(H,32,33)/t21?,22-/m0/s1. The van der Waals surface area contributed by atoms with Crippen LogP contribution in [0.25, 0.3) is 11.1 Å². The van der Waals surface area contributed by atoms with Crippen molar-refractivity contribution < 1.29 is 33.0 Å². The van der Waals surface area contributed by atoms with E-state index >= 15 is 0 Å². The topological polar surface area (TPSA) is 95.9 Å². The maximum absolute atomic E-state index is 14.0. The molecule has 2 atom stereocenters. The van der Waals surface area contributed by atoms with Crippen LogP contribution in [0.2, 0.25) is 0 Å². The van der Waals surface area contributed by atoms with Crippen LogP contribution in [0.3, 0.4) is 0 Å². The highest BCUT2D eigenvalue weighted by molar-refractivity contribution is 5.81. The van der Waals surface area contributed by atoms with Crippen LogP contribution in [0.15, 0.2) is 48.5 Å². The second-order valence-electron chi connectivity index (χ2n) is 9.45. The number of nitrogens with zero attached hydrogens (tertiary/aromatic N) is 1. The number of likely N-dealkylation sites (tertiary alicyclic amines) is 1. The summed E-state index contributed by atoms with van der Waals surface area (Å²) < 4.78 is 33.5. The minimum absolute atomic E-state index is 0.108. The number of hydrogen-bond acceptors (Lipinski definition) is 4. The van der Waals surface area contributed by atoms with E-state index in [0.717, 1.165) is 27.2 Å². The van der Waals surface area contributed by atoms with Gasteiger partial charge in [0.2, 0.25) is 5.91 Å². The van der Waals surface area contributed by atoms with Gasteiger partial charge in [-0.15, -0.1) is 0 Å². The summed E-state index contributed by atoms with van der Waals surface area (Å²) in [5.41, 5.74) is 4.34. The molecular formula is C26H28F2N2O5. The molecule has 1 fully saturated rings. The number of carboxylic acid groups (broad SMARTS) is 1. The molecule has 1 aliphatic heterocycles. The van der Waals surface area contributed by atoms with E-state index in [4.69, 9.17) is 9.84 Å². The first-order valence-corrected chi connectivity index (χ1v) is 11.6. The Morgan fingerprint density at radius 1 is 1.09 bits per heavy atom. The molecule has 7 nitrogen and oxygen atoms in total. The van der Waals surface area contributed by atoms with Crippen LogP contribution in [0.4, 0.5) is 13.6 Å². The fourth-order valence-corrected chi connectivity index (χ4v) is 4.79. The highest BCUT2D eigenvalue weighted by atomic mass is 19.3. The Hall–Kier alpha value is -3.49. The number of aliphatic carboxylic acids is 1. The highest BCUT2D eigenvalue weighted by Crippen LogP contribution is 2.44. The van der Waals surface area contributed by atoms with Gasteiger partial charge in [0.05, 0.1) is 6.54 Å². The molecule has 35 heavy (non-hydrogen) atoms. The molecule has 0 spiro atoms. The predicted octanol–water partition coefficient (Wildman–Crippen LogP) is 4.12. The molecule has 1 aliphatic carbocycles. The van der Waals surface area contributed by atoms with E-state index in [9.17, 15) is 23.2 Å². The Morgan fingerprint density at radius 3 is 2.17 bits per heavy atom. The van der Waals surface area contributed by atoms with Crippen LogP contribution in [0, 0.1) is 11.8 Å². The van der Waals surface area contributed by atoms with Crippen molar-refractivity contribution in [3.05, 3.63) is 59.7 Å². The summed E-state index contributed by atoms with van der Waals surface area (Å²) >= 11 is 0. The number of carbonyl (C=O) groups excluding carboxylic acids is 2. The van der Waals surface area contributed by atoms with Gasteiger partial charge >= 0.3 is 12.1 Å². The summed E-state index contributed by atoms with van der Waals surface area (Å²) in [6.07, 6.45) is -0.932. The molecule has 1 unspecified atom stereocenters. The lowest BCUT2D eigenvalue weighted by Gasteiger charge is -2.25. The Bertz CT molecular complexity index is 1090. The van der Waals surface area contributed by atoms with Crippen LogP contribution in [0.1, 0.15) is 37.3 Å². The Kier molecular flexibility index (Phi) is 6.78. The lowest BCUT2D eigenvalue weighted by molar-refractivity contribution is -0.151. The van der Waals surface area contributed by atoms with Gasteiger partial charge in [-0.2, -0.15) is 0 Å². The number of halogens is 2. The Morgan fingerprint density at radius 2 is 1.66 bits per heavy atom. The summed E-state index contributed by atoms with van der Waals surface area (Å²) in [4.78, 5) is 37.2. The molecule has 2 aromatic carbocycles. The molecule has 0 saturated carbocycles. The first-order chi connectivity index (χ1) is 16.6. The van der Waals surface area contributed by atoms with Crippen molar-refractivity contribution in [3.63, 3.8) is 0 Å².